The molecule has 2 aromatic heterocycles. The summed E-state index contributed by atoms with van der Waals surface area (Å²) in [5.74, 6) is 0. The highest BCUT2D eigenvalue weighted by Crippen LogP contribution is 2.42. The highest BCUT2D eigenvalue weighted by Gasteiger charge is 2.37. The van der Waals surface area contributed by atoms with Gasteiger partial charge < -0.3 is 0 Å². The summed E-state index contributed by atoms with van der Waals surface area (Å²) in [7, 11) is -3.45. The van der Waals surface area contributed by atoms with Crippen LogP contribution in [0.3, 0.4) is 0 Å². The fourth-order valence-corrected chi connectivity index (χ4v) is 4.15. The Labute approximate surface area is 103 Å². The third-order valence-corrected chi connectivity index (χ3v) is 5.01. The van der Waals surface area contributed by atoms with E-state index in [9.17, 15) is 8.42 Å². The zero-order chi connectivity index (χ0) is 12.3. The van der Waals surface area contributed by atoms with Crippen molar-refractivity contribution in [2.75, 3.05) is 0 Å². The molecule has 5 heteroatoms. The summed E-state index contributed by atoms with van der Waals surface area (Å²) in [5, 5.41) is 0.277. The van der Waals surface area contributed by atoms with Crippen molar-refractivity contribution in [3.05, 3.63) is 48.7 Å². The summed E-state index contributed by atoms with van der Waals surface area (Å²) in [6, 6.07) is 12.4. The van der Waals surface area contributed by atoms with E-state index >= 15 is 0 Å². The van der Waals surface area contributed by atoms with Gasteiger partial charge >= 0.3 is 0 Å². The highest BCUT2D eigenvalue weighted by atomic mass is 32.2. The molecule has 4 nitrogen and oxygen atoms in total. The summed E-state index contributed by atoms with van der Waals surface area (Å²) < 4.78 is 26.6. The lowest BCUT2D eigenvalue weighted by molar-refractivity contribution is 0.594. The van der Waals surface area contributed by atoms with Crippen LogP contribution >= 0.6 is 0 Å². The lowest BCUT2D eigenvalue weighted by Gasteiger charge is -2.00. The molecule has 88 valence electrons. The maximum Gasteiger partial charge on any atom is 0.225 e. The SMILES string of the molecule is O=S1(=O)c2ccccc2-c2nc3ccccn3c21. The second-order valence-corrected chi connectivity index (χ2v) is 6.03. The first-order valence-corrected chi connectivity index (χ1v) is 6.99. The molecule has 4 rings (SSSR count). The first-order chi connectivity index (χ1) is 8.69. The Morgan fingerprint density at radius 3 is 2.67 bits per heavy atom. The van der Waals surface area contributed by atoms with Gasteiger partial charge in [0.1, 0.15) is 11.3 Å². The number of hydrogen-bond donors (Lipinski definition) is 0. The van der Waals surface area contributed by atoms with E-state index in [1.807, 2.05) is 12.1 Å². The lowest BCUT2D eigenvalue weighted by atomic mass is 10.2. The molecular weight excluding hydrogens is 248 g/mol. The van der Waals surface area contributed by atoms with Crippen LogP contribution in [-0.4, -0.2) is 17.8 Å². The third kappa shape index (κ3) is 1.00. The van der Waals surface area contributed by atoms with Crippen molar-refractivity contribution in [2.24, 2.45) is 0 Å². The van der Waals surface area contributed by atoms with E-state index in [1.165, 1.54) is 0 Å². The van der Waals surface area contributed by atoms with Gasteiger partial charge in [-0.15, -0.1) is 0 Å². The predicted octanol–water partition coefficient (Wildman–Crippen LogP) is 2.15. The molecule has 1 aliphatic rings. The molecule has 0 atom stereocenters. The number of benzene rings is 1. The quantitative estimate of drug-likeness (QED) is 0.484. The van der Waals surface area contributed by atoms with Crippen molar-refractivity contribution in [1.82, 2.24) is 9.38 Å². The first-order valence-electron chi connectivity index (χ1n) is 5.51. The Balaban J connectivity index is 2.28. The third-order valence-electron chi connectivity index (χ3n) is 3.17. The number of rotatable bonds is 0. The number of pyridine rings is 1. The summed E-state index contributed by atoms with van der Waals surface area (Å²) in [5.41, 5.74) is 1.90. The van der Waals surface area contributed by atoms with Gasteiger partial charge in [-0.05, 0) is 18.2 Å². The molecule has 18 heavy (non-hydrogen) atoms. The second kappa shape index (κ2) is 3.00. The fraction of sp³-hybridized carbons (Fsp3) is 0. The van der Waals surface area contributed by atoms with Gasteiger partial charge in [0.25, 0.3) is 0 Å². The van der Waals surface area contributed by atoms with E-state index in [0.29, 0.717) is 21.8 Å². The van der Waals surface area contributed by atoms with Crippen LogP contribution in [0.4, 0.5) is 0 Å². The standard InChI is InChI=1S/C13H8N2O2S/c16-18(17)10-6-2-1-5-9(10)12-13(18)15-8-4-3-7-11(15)14-12/h1-8H. The summed E-state index contributed by atoms with van der Waals surface area (Å²) in [4.78, 5) is 4.76. The Kier molecular flexibility index (Phi) is 1.64. The average Bonchev–Trinajstić information content (AvgIpc) is 2.86. The molecule has 0 N–H and O–H groups in total. The van der Waals surface area contributed by atoms with Crippen LogP contribution in [0, 0.1) is 0 Å². The number of imidazole rings is 1. The molecule has 0 spiro atoms. The Hall–Kier alpha value is -2.14. The molecule has 0 fully saturated rings. The zero-order valence-electron chi connectivity index (χ0n) is 9.24. The largest absolute Gasteiger partial charge is 0.290 e. The Bertz CT molecular complexity index is 894. The van der Waals surface area contributed by atoms with Crippen molar-refractivity contribution in [3.63, 3.8) is 0 Å². The molecule has 1 aliphatic heterocycles. The van der Waals surface area contributed by atoms with Crippen LogP contribution in [0.1, 0.15) is 0 Å². The van der Waals surface area contributed by atoms with Gasteiger partial charge in [0.15, 0.2) is 5.03 Å². The summed E-state index contributed by atoms with van der Waals surface area (Å²) >= 11 is 0. The minimum absolute atomic E-state index is 0.277. The number of sulfone groups is 1. The lowest BCUT2D eigenvalue weighted by Crippen LogP contribution is -2.01. The van der Waals surface area contributed by atoms with Crippen LogP contribution in [-0.2, 0) is 9.84 Å². The Morgan fingerprint density at radius 1 is 1.00 bits per heavy atom. The maximum atomic E-state index is 12.5. The molecule has 3 heterocycles. The average molecular weight is 256 g/mol. The van der Waals surface area contributed by atoms with E-state index in [4.69, 9.17) is 0 Å². The molecule has 0 unspecified atom stereocenters. The van der Waals surface area contributed by atoms with E-state index in [0.717, 1.165) is 0 Å². The number of hydrogen-bond acceptors (Lipinski definition) is 3. The van der Waals surface area contributed by atoms with Crippen LogP contribution in [0.25, 0.3) is 16.9 Å². The minimum Gasteiger partial charge on any atom is -0.290 e. The van der Waals surface area contributed by atoms with E-state index in [2.05, 4.69) is 4.98 Å². The second-order valence-electron chi connectivity index (χ2n) is 4.19. The number of aromatic nitrogens is 2. The maximum absolute atomic E-state index is 12.5. The van der Waals surface area contributed by atoms with Crippen LogP contribution in [0.5, 0.6) is 0 Å². The van der Waals surface area contributed by atoms with Gasteiger partial charge in [0.05, 0.1) is 4.90 Å². The molecule has 1 aromatic carbocycles. The normalized spacial score (nSPS) is 15.6. The van der Waals surface area contributed by atoms with Crippen LogP contribution in [0.2, 0.25) is 0 Å². The summed E-state index contributed by atoms with van der Waals surface area (Å²) in [6.45, 7) is 0. The minimum atomic E-state index is -3.45. The monoisotopic (exact) mass is 256 g/mol. The number of fused-ring (bicyclic) bond motifs is 5. The van der Waals surface area contributed by atoms with Crippen molar-refractivity contribution in [2.45, 2.75) is 9.92 Å². The van der Waals surface area contributed by atoms with Gasteiger partial charge in [-0.25, -0.2) is 13.4 Å². The van der Waals surface area contributed by atoms with Crippen LogP contribution < -0.4 is 0 Å². The summed E-state index contributed by atoms with van der Waals surface area (Å²) in [6.07, 6.45) is 1.73. The Morgan fingerprint density at radius 2 is 1.78 bits per heavy atom. The molecule has 0 saturated carbocycles. The van der Waals surface area contributed by atoms with E-state index in [1.54, 1.807) is 40.9 Å². The molecule has 0 aliphatic carbocycles. The zero-order valence-corrected chi connectivity index (χ0v) is 10.1. The van der Waals surface area contributed by atoms with Gasteiger partial charge in [-0.1, -0.05) is 24.3 Å². The molecular formula is C13H8N2O2S. The predicted molar refractivity (Wildman–Crippen MR) is 66.1 cm³/mol. The van der Waals surface area contributed by atoms with Gasteiger partial charge in [-0.3, -0.25) is 4.40 Å². The van der Waals surface area contributed by atoms with Crippen LogP contribution in [0.15, 0.2) is 58.6 Å². The number of nitrogens with zero attached hydrogens (tertiary/aromatic N) is 2. The fourth-order valence-electron chi connectivity index (χ4n) is 2.41. The van der Waals surface area contributed by atoms with Gasteiger partial charge in [0, 0.05) is 11.8 Å². The van der Waals surface area contributed by atoms with Gasteiger partial charge in [0.2, 0.25) is 9.84 Å². The smallest absolute Gasteiger partial charge is 0.225 e. The van der Waals surface area contributed by atoms with E-state index in [-0.39, 0.29) is 5.03 Å². The first kappa shape index (κ1) is 9.85. The van der Waals surface area contributed by atoms with Gasteiger partial charge in [-0.2, -0.15) is 0 Å². The molecule has 0 radical (unpaired) electrons. The van der Waals surface area contributed by atoms with Crippen molar-refractivity contribution in [1.29, 1.82) is 0 Å². The van der Waals surface area contributed by atoms with E-state index < -0.39 is 9.84 Å². The van der Waals surface area contributed by atoms with Crippen molar-refractivity contribution < 1.29 is 8.42 Å². The van der Waals surface area contributed by atoms with Crippen molar-refractivity contribution in [3.8, 4) is 11.3 Å². The highest BCUT2D eigenvalue weighted by molar-refractivity contribution is 7.92. The molecule has 0 saturated heterocycles. The molecule has 3 aromatic rings. The van der Waals surface area contributed by atoms with Crippen molar-refractivity contribution >= 4 is 15.5 Å². The molecule has 0 bridgehead atoms. The molecule has 0 amide bonds. The topological polar surface area (TPSA) is 51.4 Å².